The van der Waals surface area contributed by atoms with E-state index in [0.29, 0.717) is 11.3 Å². The first kappa shape index (κ1) is 8.74. The maximum absolute atomic E-state index is 10.6. The number of hydrogen-bond acceptors (Lipinski definition) is 4. The third kappa shape index (κ3) is 1.74. The van der Waals surface area contributed by atoms with Gasteiger partial charge in [-0.3, -0.25) is 9.78 Å². The summed E-state index contributed by atoms with van der Waals surface area (Å²) >= 11 is 0. The molecule has 0 unspecified atom stereocenters. The molecule has 2 rings (SSSR count). The number of furan rings is 1. The average Bonchev–Trinajstić information content (AvgIpc) is 2.57. The van der Waals surface area contributed by atoms with E-state index in [-0.39, 0.29) is 12.6 Å². The highest BCUT2D eigenvalue weighted by Gasteiger charge is 2.04. The number of esters is 1. The molecule has 0 N–H and O–H groups in total. The van der Waals surface area contributed by atoms with E-state index < -0.39 is 0 Å². The quantitative estimate of drug-likeness (QED) is 0.680. The molecule has 2 aromatic heterocycles. The Bertz CT molecular complexity index is 428. The summed E-state index contributed by atoms with van der Waals surface area (Å²) in [6.45, 7) is 1.54. The van der Waals surface area contributed by atoms with Crippen molar-refractivity contribution in [3.63, 3.8) is 0 Å². The van der Waals surface area contributed by atoms with Crippen LogP contribution in [0.3, 0.4) is 0 Å². The van der Waals surface area contributed by atoms with Crippen LogP contribution in [-0.4, -0.2) is 11.0 Å². The van der Waals surface area contributed by atoms with Crippen LogP contribution in [0, 0.1) is 0 Å². The normalized spacial score (nSPS) is 10.4. The molecule has 0 bridgehead atoms. The van der Waals surface area contributed by atoms with Gasteiger partial charge in [0.2, 0.25) is 0 Å². The molecule has 0 spiro atoms. The molecule has 0 aliphatic heterocycles. The molecular formula is C10H9NO3. The van der Waals surface area contributed by atoms with Gasteiger partial charge >= 0.3 is 5.97 Å². The lowest BCUT2D eigenvalue weighted by Crippen LogP contribution is -1.97. The van der Waals surface area contributed by atoms with Crippen LogP contribution in [0.4, 0.5) is 0 Å². The number of hydrogen-bond donors (Lipinski definition) is 0. The highest BCUT2D eigenvalue weighted by Crippen LogP contribution is 2.18. The van der Waals surface area contributed by atoms with Gasteiger partial charge in [0, 0.05) is 18.5 Å². The van der Waals surface area contributed by atoms with E-state index in [1.165, 1.54) is 6.92 Å². The summed E-state index contributed by atoms with van der Waals surface area (Å²) in [6.07, 6.45) is 3.32. The Balaban J connectivity index is 2.22. The molecule has 2 aromatic rings. The second-order valence-electron chi connectivity index (χ2n) is 2.91. The summed E-state index contributed by atoms with van der Waals surface area (Å²) in [5, 5.41) is 0.960. The van der Waals surface area contributed by atoms with Gasteiger partial charge < -0.3 is 9.15 Å². The zero-order valence-corrected chi connectivity index (χ0v) is 7.69. The molecule has 0 saturated heterocycles. The molecule has 0 radical (unpaired) electrons. The fourth-order valence-electron chi connectivity index (χ4n) is 1.18. The minimum atomic E-state index is -0.316. The summed E-state index contributed by atoms with van der Waals surface area (Å²) in [7, 11) is 0. The molecule has 2 heterocycles. The number of nitrogens with zero attached hydrogens (tertiary/aromatic N) is 1. The van der Waals surface area contributed by atoms with Gasteiger partial charge in [-0.15, -0.1) is 0 Å². The molecule has 0 aliphatic carbocycles. The molecule has 4 nitrogen and oxygen atoms in total. The Morgan fingerprint density at radius 2 is 2.50 bits per heavy atom. The zero-order chi connectivity index (χ0) is 9.97. The Kier molecular flexibility index (Phi) is 2.18. The van der Waals surface area contributed by atoms with E-state index in [9.17, 15) is 4.79 Å². The van der Waals surface area contributed by atoms with Crippen molar-refractivity contribution in [2.75, 3.05) is 0 Å². The Labute approximate surface area is 80.5 Å². The maximum Gasteiger partial charge on any atom is 0.303 e. The van der Waals surface area contributed by atoms with E-state index in [1.54, 1.807) is 12.4 Å². The number of carbonyl (C=O) groups is 1. The number of fused-ring (bicyclic) bond motifs is 1. The second kappa shape index (κ2) is 3.49. The molecule has 0 amide bonds. The SMILES string of the molecule is CC(=O)OCc1cc2ccncc2o1. The Morgan fingerprint density at radius 3 is 3.21 bits per heavy atom. The molecule has 4 heteroatoms. The first-order valence-electron chi connectivity index (χ1n) is 4.21. The Morgan fingerprint density at radius 1 is 1.64 bits per heavy atom. The Hall–Kier alpha value is -1.84. The van der Waals surface area contributed by atoms with E-state index in [4.69, 9.17) is 9.15 Å². The molecule has 0 saturated carbocycles. The summed E-state index contributed by atoms with van der Waals surface area (Å²) in [5.41, 5.74) is 0.703. The van der Waals surface area contributed by atoms with Gasteiger partial charge in [0.15, 0.2) is 5.58 Å². The molecule has 0 fully saturated rings. The lowest BCUT2D eigenvalue weighted by Gasteiger charge is -1.95. The lowest BCUT2D eigenvalue weighted by molar-refractivity contribution is -0.142. The van der Waals surface area contributed by atoms with Crippen molar-refractivity contribution in [2.24, 2.45) is 0 Å². The molecular weight excluding hydrogens is 182 g/mol. The standard InChI is InChI=1S/C10H9NO3/c1-7(12)13-6-9-4-8-2-3-11-5-10(8)14-9/h2-5H,6H2,1H3. The number of rotatable bonds is 2. The van der Waals surface area contributed by atoms with Gasteiger partial charge in [-0.2, -0.15) is 0 Å². The van der Waals surface area contributed by atoms with Crippen molar-refractivity contribution in [3.05, 3.63) is 30.3 Å². The second-order valence-corrected chi connectivity index (χ2v) is 2.91. The summed E-state index contributed by atoms with van der Waals surface area (Å²) in [6, 6.07) is 3.68. The number of aromatic nitrogens is 1. The maximum atomic E-state index is 10.6. The lowest BCUT2D eigenvalue weighted by atomic mass is 10.3. The van der Waals surface area contributed by atoms with Crippen molar-refractivity contribution in [1.29, 1.82) is 0 Å². The van der Waals surface area contributed by atoms with Crippen LogP contribution in [0.1, 0.15) is 12.7 Å². The first-order chi connectivity index (χ1) is 6.75. The van der Waals surface area contributed by atoms with Crippen molar-refractivity contribution < 1.29 is 13.9 Å². The zero-order valence-electron chi connectivity index (χ0n) is 7.69. The third-order valence-electron chi connectivity index (χ3n) is 1.79. The van der Waals surface area contributed by atoms with Crippen LogP contribution in [0.25, 0.3) is 11.0 Å². The van der Waals surface area contributed by atoms with Gasteiger partial charge in [0.1, 0.15) is 12.4 Å². The predicted molar refractivity (Wildman–Crippen MR) is 49.5 cm³/mol. The van der Waals surface area contributed by atoms with Crippen molar-refractivity contribution in [2.45, 2.75) is 13.5 Å². The van der Waals surface area contributed by atoms with E-state index in [2.05, 4.69) is 4.98 Å². The molecule has 72 valence electrons. The number of pyridine rings is 1. The van der Waals surface area contributed by atoms with Gasteiger partial charge in [-0.05, 0) is 12.1 Å². The van der Waals surface area contributed by atoms with Crippen molar-refractivity contribution in [1.82, 2.24) is 4.98 Å². The van der Waals surface area contributed by atoms with Crippen molar-refractivity contribution in [3.8, 4) is 0 Å². The summed E-state index contributed by atoms with van der Waals surface area (Å²) in [5.74, 6) is 0.312. The van der Waals surface area contributed by atoms with E-state index in [0.717, 1.165) is 5.39 Å². The number of carbonyl (C=O) groups excluding carboxylic acids is 1. The van der Waals surface area contributed by atoms with Gasteiger partial charge in [0.25, 0.3) is 0 Å². The monoisotopic (exact) mass is 191 g/mol. The summed E-state index contributed by atoms with van der Waals surface area (Å²) in [4.78, 5) is 14.5. The van der Waals surface area contributed by atoms with Crippen LogP contribution in [-0.2, 0) is 16.1 Å². The predicted octanol–water partition coefficient (Wildman–Crippen LogP) is 1.89. The molecule has 14 heavy (non-hydrogen) atoms. The van der Waals surface area contributed by atoms with Crippen LogP contribution in [0.5, 0.6) is 0 Å². The molecule has 0 atom stereocenters. The van der Waals surface area contributed by atoms with Crippen LogP contribution < -0.4 is 0 Å². The molecule has 0 aromatic carbocycles. The van der Waals surface area contributed by atoms with E-state index in [1.807, 2.05) is 12.1 Å². The van der Waals surface area contributed by atoms with Gasteiger partial charge in [0.05, 0.1) is 6.20 Å². The smallest absolute Gasteiger partial charge is 0.303 e. The van der Waals surface area contributed by atoms with Gasteiger partial charge in [-0.25, -0.2) is 0 Å². The first-order valence-corrected chi connectivity index (χ1v) is 4.21. The fourth-order valence-corrected chi connectivity index (χ4v) is 1.18. The molecule has 0 aliphatic rings. The van der Waals surface area contributed by atoms with Crippen LogP contribution >= 0.6 is 0 Å². The highest BCUT2D eigenvalue weighted by molar-refractivity contribution is 5.76. The minimum absolute atomic E-state index is 0.171. The number of ether oxygens (including phenoxy) is 1. The topological polar surface area (TPSA) is 52.3 Å². The van der Waals surface area contributed by atoms with Crippen LogP contribution in [0.2, 0.25) is 0 Å². The van der Waals surface area contributed by atoms with Gasteiger partial charge in [-0.1, -0.05) is 0 Å². The van der Waals surface area contributed by atoms with Crippen molar-refractivity contribution >= 4 is 16.9 Å². The van der Waals surface area contributed by atoms with Crippen LogP contribution in [0.15, 0.2) is 28.9 Å². The fraction of sp³-hybridized carbons (Fsp3) is 0.200. The average molecular weight is 191 g/mol. The van der Waals surface area contributed by atoms with E-state index >= 15 is 0 Å². The highest BCUT2D eigenvalue weighted by atomic mass is 16.5. The summed E-state index contributed by atoms with van der Waals surface area (Å²) < 4.78 is 10.2. The minimum Gasteiger partial charge on any atom is -0.458 e. The largest absolute Gasteiger partial charge is 0.458 e. The third-order valence-corrected chi connectivity index (χ3v) is 1.79.